The Bertz CT molecular complexity index is 1430. The lowest BCUT2D eigenvalue weighted by Crippen LogP contribution is -2.37. The molecule has 31 heavy (non-hydrogen) atoms. The number of hydrogen-bond acceptors (Lipinski definition) is 5. The molecule has 0 saturated carbocycles. The Balaban J connectivity index is 1.90. The summed E-state index contributed by atoms with van der Waals surface area (Å²) in [6, 6.07) is 9.30. The molecule has 0 spiro atoms. The largest absolute Gasteiger partial charge is 0.330 e. The third-order valence-corrected chi connectivity index (χ3v) is 7.37. The van der Waals surface area contributed by atoms with Crippen LogP contribution in [0.1, 0.15) is 5.56 Å². The predicted octanol–water partition coefficient (Wildman–Crippen LogP) is 1.57. The maximum absolute atomic E-state index is 13.0. The monoisotopic (exact) mass is 508 g/mol. The van der Waals surface area contributed by atoms with Crippen LogP contribution >= 0.6 is 15.9 Å². The predicted molar refractivity (Wildman–Crippen MR) is 122 cm³/mol. The molecule has 1 amide bonds. The lowest BCUT2D eigenvalue weighted by molar-refractivity contribution is -0.116. The molecule has 2 aromatic carbocycles. The molecule has 3 rings (SSSR count). The van der Waals surface area contributed by atoms with E-state index in [4.69, 9.17) is 0 Å². The molecule has 0 atom stereocenters. The molecule has 0 radical (unpaired) electrons. The van der Waals surface area contributed by atoms with Gasteiger partial charge in [-0.1, -0.05) is 6.07 Å². The standard InChI is InChI=1S/C20H21BrN4O5S/c1-12-5-7-16(15(21)9-12)22-18(26)11-23(2)31(29,30)13-6-8-17-14(10-13)19(27)25(4)20(28)24(17)3/h5-10H,11H2,1-4H3,(H,22,26). The number of benzene rings is 2. The zero-order valence-corrected chi connectivity index (χ0v) is 19.7. The van der Waals surface area contributed by atoms with E-state index in [2.05, 4.69) is 21.2 Å². The summed E-state index contributed by atoms with van der Waals surface area (Å²) in [7, 11) is 0.0403. The van der Waals surface area contributed by atoms with Crippen molar-refractivity contribution in [1.82, 2.24) is 13.4 Å². The summed E-state index contributed by atoms with van der Waals surface area (Å²) in [5.74, 6) is -0.519. The quantitative estimate of drug-likeness (QED) is 0.562. The van der Waals surface area contributed by atoms with Crippen LogP contribution < -0.4 is 16.6 Å². The second-order valence-corrected chi connectivity index (χ2v) is 10.1. The van der Waals surface area contributed by atoms with Crippen molar-refractivity contribution < 1.29 is 13.2 Å². The third-order valence-electron chi connectivity index (χ3n) is 4.91. The van der Waals surface area contributed by atoms with Gasteiger partial charge in [-0.15, -0.1) is 0 Å². The number of sulfonamides is 1. The van der Waals surface area contributed by atoms with Crippen LogP contribution in [0.2, 0.25) is 0 Å². The molecule has 0 saturated heterocycles. The Morgan fingerprint density at radius 2 is 1.77 bits per heavy atom. The zero-order valence-electron chi connectivity index (χ0n) is 17.3. The van der Waals surface area contributed by atoms with E-state index in [1.807, 2.05) is 19.1 Å². The first-order valence-electron chi connectivity index (χ1n) is 9.15. The Morgan fingerprint density at radius 3 is 2.42 bits per heavy atom. The molecular formula is C20H21BrN4O5S. The van der Waals surface area contributed by atoms with E-state index >= 15 is 0 Å². The minimum Gasteiger partial charge on any atom is -0.324 e. The number of halogens is 1. The van der Waals surface area contributed by atoms with Crippen LogP contribution in [-0.4, -0.2) is 41.4 Å². The maximum Gasteiger partial charge on any atom is 0.330 e. The van der Waals surface area contributed by atoms with Crippen molar-refractivity contribution in [2.45, 2.75) is 11.8 Å². The van der Waals surface area contributed by atoms with Gasteiger partial charge < -0.3 is 5.32 Å². The number of nitrogens with one attached hydrogen (secondary N) is 1. The normalized spacial score (nSPS) is 11.8. The van der Waals surface area contributed by atoms with E-state index in [0.29, 0.717) is 15.7 Å². The van der Waals surface area contributed by atoms with Crippen LogP contribution in [0.25, 0.3) is 10.9 Å². The summed E-state index contributed by atoms with van der Waals surface area (Å²) in [6.45, 7) is 1.48. The molecule has 0 aliphatic carbocycles. The van der Waals surface area contributed by atoms with Gasteiger partial charge in [-0.05, 0) is 58.7 Å². The average molecular weight is 509 g/mol. The van der Waals surface area contributed by atoms with E-state index < -0.39 is 33.7 Å². The molecule has 0 unspecified atom stereocenters. The van der Waals surface area contributed by atoms with Crippen molar-refractivity contribution in [2.75, 3.05) is 18.9 Å². The van der Waals surface area contributed by atoms with Gasteiger partial charge in [0.1, 0.15) is 0 Å². The number of carbonyl (C=O) groups is 1. The zero-order chi connectivity index (χ0) is 23.1. The van der Waals surface area contributed by atoms with E-state index in [1.54, 1.807) is 6.07 Å². The van der Waals surface area contributed by atoms with Crippen molar-refractivity contribution in [3.63, 3.8) is 0 Å². The molecule has 1 heterocycles. The fraction of sp³-hybridized carbons (Fsp3) is 0.250. The molecule has 164 valence electrons. The topological polar surface area (TPSA) is 110 Å². The molecule has 0 aliphatic heterocycles. The molecule has 0 fully saturated rings. The van der Waals surface area contributed by atoms with Gasteiger partial charge in [0, 0.05) is 25.6 Å². The first kappa shape index (κ1) is 22.9. The number of aromatic nitrogens is 2. The van der Waals surface area contributed by atoms with Gasteiger partial charge in [0.15, 0.2) is 0 Å². The highest BCUT2D eigenvalue weighted by Gasteiger charge is 2.24. The van der Waals surface area contributed by atoms with Gasteiger partial charge in [-0.3, -0.25) is 18.7 Å². The van der Waals surface area contributed by atoms with Gasteiger partial charge in [-0.25, -0.2) is 13.2 Å². The Hall–Kier alpha value is -2.76. The Kier molecular flexibility index (Phi) is 6.21. The third kappa shape index (κ3) is 4.34. The number of fused-ring (bicyclic) bond motifs is 1. The SMILES string of the molecule is Cc1ccc(NC(=O)CN(C)S(=O)(=O)c2ccc3c(c2)c(=O)n(C)c(=O)n3C)c(Br)c1. The summed E-state index contributed by atoms with van der Waals surface area (Å²) >= 11 is 3.36. The van der Waals surface area contributed by atoms with Crippen LogP contribution in [0.4, 0.5) is 5.69 Å². The summed E-state index contributed by atoms with van der Waals surface area (Å²) in [6.07, 6.45) is 0. The molecule has 1 aromatic heterocycles. The summed E-state index contributed by atoms with van der Waals surface area (Å²) in [4.78, 5) is 36.8. The number of aryl methyl sites for hydroxylation is 2. The number of hydrogen-bond donors (Lipinski definition) is 1. The number of nitrogens with zero attached hydrogens (tertiary/aromatic N) is 3. The fourth-order valence-corrected chi connectivity index (χ4v) is 4.86. The minimum absolute atomic E-state index is 0.0899. The van der Waals surface area contributed by atoms with Gasteiger partial charge in [0.05, 0.1) is 28.0 Å². The van der Waals surface area contributed by atoms with Crippen molar-refractivity contribution in [2.24, 2.45) is 14.1 Å². The van der Waals surface area contributed by atoms with Crippen LogP contribution in [0.15, 0.2) is 55.4 Å². The summed E-state index contributed by atoms with van der Waals surface area (Å²) < 4.78 is 29.7. The maximum atomic E-state index is 13.0. The van der Waals surface area contributed by atoms with Gasteiger partial charge in [0.2, 0.25) is 15.9 Å². The highest BCUT2D eigenvalue weighted by atomic mass is 79.9. The van der Waals surface area contributed by atoms with Gasteiger partial charge in [0.25, 0.3) is 5.56 Å². The first-order chi connectivity index (χ1) is 14.4. The van der Waals surface area contributed by atoms with Crippen molar-refractivity contribution in [3.8, 4) is 0 Å². The number of carbonyl (C=O) groups excluding carboxylic acids is 1. The van der Waals surface area contributed by atoms with Crippen LogP contribution in [-0.2, 0) is 28.9 Å². The van der Waals surface area contributed by atoms with Crippen LogP contribution in [0.3, 0.4) is 0 Å². The van der Waals surface area contributed by atoms with Crippen molar-refractivity contribution in [1.29, 1.82) is 0 Å². The van der Waals surface area contributed by atoms with Crippen molar-refractivity contribution in [3.05, 3.63) is 67.3 Å². The van der Waals surface area contributed by atoms with E-state index in [1.165, 1.54) is 43.9 Å². The second kappa shape index (κ2) is 8.40. The number of amides is 1. The van der Waals surface area contributed by atoms with E-state index in [9.17, 15) is 22.8 Å². The lowest BCUT2D eigenvalue weighted by atomic mass is 10.2. The first-order valence-corrected chi connectivity index (χ1v) is 11.4. The highest BCUT2D eigenvalue weighted by molar-refractivity contribution is 9.10. The second-order valence-electron chi connectivity index (χ2n) is 7.18. The molecule has 0 aliphatic rings. The van der Waals surface area contributed by atoms with Gasteiger partial charge >= 0.3 is 5.69 Å². The Labute approximate surface area is 187 Å². The van der Waals surface area contributed by atoms with Crippen molar-refractivity contribution >= 4 is 48.5 Å². The smallest absolute Gasteiger partial charge is 0.324 e. The molecule has 0 bridgehead atoms. The minimum atomic E-state index is -4.06. The highest BCUT2D eigenvalue weighted by Crippen LogP contribution is 2.24. The fourth-order valence-electron chi connectivity index (χ4n) is 3.11. The van der Waals surface area contributed by atoms with E-state index in [-0.39, 0.29) is 10.3 Å². The number of rotatable bonds is 5. The molecule has 1 N–H and O–H groups in total. The summed E-state index contributed by atoms with van der Waals surface area (Å²) in [5.41, 5.74) is 0.738. The number of likely N-dealkylation sites (N-methyl/N-ethyl adjacent to an activating group) is 1. The Morgan fingerprint density at radius 1 is 1.10 bits per heavy atom. The van der Waals surface area contributed by atoms with Crippen LogP contribution in [0, 0.1) is 6.92 Å². The molecule has 9 nitrogen and oxygen atoms in total. The molecule has 3 aromatic rings. The molecular weight excluding hydrogens is 488 g/mol. The summed E-state index contributed by atoms with van der Waals surface area (Å²) in [5, 5.41) is 2.76. The molecule has 11 heteroatoms. The average Bonchev–Trinajstić information content (AvgIpc) is 2.72. The lowest BCUT2D eigenvalue weighted by Gasteiger charge is -2.18. The van der Waals surface area contributed by atoms with Gasteiger partial charge in [-0.2, -0.15) is 4.31 Å². The number of anilines is 1. The van der Waals surface area contributed by atoms with E-state index in [0.717, 1.165) is 14.4 Å². The van der Waals surface area contributed by atoms with Crippen LogP contribution in [0.5, 0.6) is 0 Å².